The second-order valence-corrected chi connectivity index (χ2v) is 3.23. The molecule has 0 spiro atoms. The quantitative estimate of drug-likeness (QED) is 0.570. The predicted octanol–water partition coefficient (Wildman–Crippen LogP) is 1.03. The number of hydrogen-bond donors (Lipinski definition) is 0. The highest BCUT2D eigenvalue weighted by atomic mass is 16.7. The maximum Gasteiger partial charge on any atom is 0.302 e. The van der Waals surface area contributed by atoms with E-state index in [2.05, 4.69) is 4.98 Å². The monoisotopic (exact) mass is 220 g/mol. The van der Waals surface area contributed by atoms with E-state index in [1.165, 1.54) is 6.92 Å². The second kappa shape index (κ2) is 4.65. The maximum absolute atomic E-state index is 10.5. The number of rotatable bonds is 4. The summed E-state index contributed by atoms with van der Waals surface area (Å²) in [4.78, 5) is 20.1. The fourth-order valence-corrected chi connectivity index (χ4v) is 1.36. The molecule has 1 aromatic carbocycles. The molecule has 0 aliphatic heterocycles. The van der Waals surface area contributed by atoms with Gasteiger partial charge >= 0.3 is 5.97 Å². The van der Waals surface area contributed by atoms with Crippen LogP contribution < -0.4 is 4.84 Å². The molecule has 1 aromatic heterocycles. The first-order chi connectivity index (χ1) is 7.77. The zero-order chi connectivity index (χ0) is 11.4. The van der Waals surface area contributed by atoms with E-state index < -0.39 is 0 Å². The molecule has 0 aliphatic carbocycles. The Balaban J connectivity index is 1.97. The smallest absolute Gasteiger partial charge is 0.302 e. The Labute approximate surface area is 92.6 Å². The lowest BCUT2D eigenvalue weighted by molar-refractivity contribution is -0.142. The van der Waals surface area contributed by atoms with Crippen molar-refractivity contribution in [1.82, 2.24) is 9.71 Å². The van der Waals surface area contributed by atoms with Gasteiger partial charge in [0.1, 0.15) is 25.1 Å². The molecular weight excluding hydrogens is 208 g/mol. The van der Waals surface area contributed by atoms with Crippen LogP contribution in [0.1, 0.15) is 6.92 Å². The normalized spacial score (nSPS) is 10.3. The molecule has 0 unspecified atom stereocenters. The number of para-hydroxylation sites is 2. The van der Waals surface area contributed by atoms with E-state index in [1.807, 2.05) is 24.3 Å². The van der Waals surface area contributed by atoms with Crippen molar-refractivity contribution in [1.29, 1.82) is 0 Å². The third-order valence-electron chi connectivity index (χ3n) is 2.04. The number of carbonyl (C=O) groups is 1. The van der Waals surface area contributed by atoms with E-state index in [-0.39, 0.29) is 12.6 Å². The largest absolute Gasteiger partial charge is 0.462 e. The first-order valence-electron chi connectivity index (χ1n) is 4.96. The van der Waals surface area contributed by atoms with Crippen LogP contribution in [0.25, 0.3) is 11.0 Å². The molecule has 0 saturated carbocycles. The van der Waals surface area contributed by atoms with Gasteiger partial charge in [0.25, 0.3) is 0 Å². The van der Waals surface area contributed by atoms with Crippen molar-refractivity contribution in [3.05, 3.63) is 30.6 Å². The van der Waals surface area contributed by atoms with Gasteiger partial charge in [-0.05, 0) is 12.1 Å². The molecule has 0 aliphatic rings. The van der Waals surface area contributed by atoms with Gasteiger partial charge in [-0.25, -0.2) is 4.98 Å². The van der Waals surface area contributed by atoms with Crippen molar-refractivity contribution >= 4 is 17.0 Å². The molecule has 0 amide bonds. The molecule has 5 heteroatoms. The summed E-state index contributed by atoms with van der Waals surface area (Å²) in [5, 5.41) is 0. The van der Waals surface area contributed by atoms with Crippen molar-refractivity contribution in [2.75, 3.05) is 13.2 Å². The third-order valence-corrected chi connectivity index (χ3v) is 2.04. The van der Waals surface area contributed by atoms with Gasteiger partial charge in [0.05, 0.1) is 5.52 Å². The highest BCUT2D eigenvalue weighted by Gasteiger charge is 2.01. The van der Waals surface area contributed by atoms with E-state index in [0.29, 0.717) is 6.61 Å². The highest BCUT2D eigenvalue weighted by molar-refractivity contribution is 5.74. The van der Waals surface area contributed by atoms with E-state index >= 15 is 0 Å². The number of fused-ring (bicyclic) bond motifs is 1. The van der Waals surface area contributed by atoms with Crippen molar-refractivity contribution in [3.63, 3.8) is 0 Å². The summed E-state index contributed by atoms with van der Waals surface area (Å²) in [5.74, 6) is -0.306. The van der Waals surface area contributed by atoms with Crippen LogP contribution in [0, 0.1) is 0 Å². The van der Waals surface area contributed by atoms with Crippen LogP contribution in [0.3, 0.4) is 0 Å². The third kappa shape index (κ3) is 2.31. The number of nitrogens with zero attached hydrogens (tertiary/aromatic N) is 2. The van der Waals surface area contributed by atoms with E-state index in [1.54, 1.807) is 11.1 Å². The van der Waals surface area contributed by atoms with Crippen molar-refractivity contribution in [3.8, 4) is 0 Å². The Kier molecular flexibility index (Phi) is 3.05. The standard InChI is InChI=1S/C11H12N2O3/c1-9(14)15-6-7-16-13-8-12-10-4-2-3-5-11(10)13/h2-5,8H,6-7H2,1H3. The highest BCUT2D eigenvalue weighted by Crippen LogP contribution is 2.09. The lowest BCUT2D eigenvalue weighted by Crippen LogP contribution is -2.17. The Morgan fingerprint density at radius 1 is 1.38 bits per heavy atom. The molecule has 1 heterocycles. The molecule has 0 bridgehead atoms. The van der Waals surface area contributed by atoms with Gasteiger partial charge in [-0.1, -0.05) is 12.1 Å². The number of aromatic nitrogens is 2. The molecule has 0 N–H and O–H groups in total. The van der Waals surface area contributed by atoms with E-state index in [4.69, 9.17) is 9.57 Å². The molecule has 84 valence electrons. The molecule has 0 atom stereocenters. The summed E-state index contributed by atoms with van der Waals surface area (Å²) in [6, 6.07) is 7.64. The zero-order valence-corrected chi connectivity index (χ0v) is 8.92. The zero-order valence-electron chi connectivity index (χ0n) is 8.92. The number of imidazole rings is 1. The fraction of sp³-hybridized carbons (Fsp3) is 0.273. The van der Waals surface area contributed by atoms with Gasteiger partial charge in [0.15, 0.2) is 0 Å². The average molecular weight is 220 g/mol. The van der Waals surface area contributed by atoms with Crippen LogP contribution in [0.2, 0.25) is 0 Å². The number of esters is 1. The maximum atomic E-state index is 10.5. The Bertz CT molecular complexity index is 493. The second-order valence-electron chi connectivity index (χ2n) is 3.23. The first kappa shape index (κ1) is 10.5. The van der Waals surface area contributed by atoms with Gasteiger partial charge in [-0.3, -0.25) is 4.79 Å². The number of benzene rings is 1. The van der Waals surface area contributed by atoms with Gasteiger partial charge in [0.2, 0.25) is 0 Å². The average Bonchev–Trinajstić information content (AvgIpc) is 2.68. The topological polar surface area (TPSA) is 53.4 Å². The van der Waals surface area contributed by atoms with E-state index in [0.717, 1.165) is 11.0 Å². The summed E-state index contributed by atoms with van der Waals surface area (Å²) in [6.07, 6.45) is 1.60. The van der Waals surface area contributed by atoms with Crippen LogP contribution in [0.5, 0.6) is 0 Å². The first-order valence-corrected chi connectivity index (χ1v) is 4.96. The summed E-state index contributed by atoms with van der Waals surface area (Å²) in [5.41, 5.74) is 1.76. The number of carbonyl (C=O) groups excluding carboxylic acids is 1. The summed E-state index contributed by atoms with van der Waals surface area (Å²) in [6.45, 7) is 1.91. The molecule has 2 aromatic rings. The molecule has 0 radical (unpaired) electrons. The Morgan fingerprint density at radius 3 is 3.00 bits per heavy atom. The molecule has 2 rings (SSSR count). The van der Waals surface area contributed by atoms with Gasteiger partial charge in [-0.2, -0.15) is 4.73 Å². The molecular formula is C11H12N2O3. The molecule has 0 fully saturated rings. The van der Waals surface area contributed by atoms with Crippen LogP contribution in [-0.2, 0) is 9.53 Å². The van der Waals surface area contributed by atoms with Crippen LogP contribution >= 0.6 is 0 Å². The minimum Gasteiger partial charge on any atom is -0.462 e. The minimum atomic E-state index is -0.306. The van der Waals surface area contributed by atoms with Gasteiger partial charge in [-0.15, -0.1) is 0 Å². The van der Waals surface area contributed by atoms with E-state index in [9.17, 15) is 4.79 Å². The van der Waals surface area contributed by atoms with Gasteiger partial charge < -0.3 is 9.57 Å². The molecule has 0 saturated heterocycles. The van der Waals surface area contributed by atoms with Crippen LogP contribution in [0.4, 0.5) is 0 Å². The summed E-state index contributed by atoms with van der Waals surface area (Å²) >= 11 is 0. The Morgan fingerprint density at radius 2 is 2.19 bits per heavy atom. The minimum absolute atomic E-state index is 0.238. The summed E-state index contributed by atoms with van der Waals surface area (Å²) < 4.78 is 6.32. The lowest BCUT2D eigenvalue weighted by atomic mass is 10.3. The number of ether oxygens (including phenoxy) is 1. The molecule has 5 nitrogen and oxygen atoms in total. The SMILES string of the molecule is CC(=O)OCCOn1cnc2ccccc21. The summed E-state index contributed by atoms with van der Waals surface area (Å²) in [7, 11) is 0. The lowest BCUT2D eigenvalue weighted by Gasteiger charge is -2.06. The fourth-order valence-electron chi connectivity index (χ4n) is 1.36. The van der Waals surface area contributed by atoms with Crippen molar-refractivity contribution in [2.45, 2.75) is 6.92 Å². The van der Waals surface area contributed by atoms with Crippen LogP contribution in [-0.4, -0.2) is 28.9 Å². The van der Waals surface area contributed by atoms with Crippen molar-refractivity contribution < 1.29 is 14.4 Å². The molecule has 16 heavy (non-hydrogen) atoms. The Hall–Kier alpha value is -2.04. The predicted molar refractivity (Wildman–Crippen MR) is 57.8 cm³/mol. The van der Waals surface area contributed by atoms with Gasteiger partial charge in [0, 0.05) is 6.92 Å². The number of hydrogen-bond acceptors (Lipinski definition) is 4. The van der Waals surface area contributed by atoms with Crippen LogP contribution in [0.15, 0.2) is 30.6 Å². The van der Waals surface area contributed by atoms with Crippen molar-refractivity contribution in [2.24, 2.45) is 0 Å².